The van der Waals surface area contributed by atoms with Crippen molar-refractivity contribution in [3.63, 3.8) is 0 Å². The topological polar surface area (TPSA) is 0 Å². The molecule has 0 nitrogen and oxygen atoms in total. The van der Waals surface area contributed by atoms with E-state index in [1.54, 1.807) is 0 Å². The van der Waals surface area contributed by atoms with Crippen LogP contribution in [0.2, 0.25) is 0 Å². The number of thiophene rings is 1. The summed E-state index contributed by atoms with van der Waals surface area (Å²) in [6, 6.07) is 11.8. The van der Waals surface area contributed by atoms with Gasteiger partial charge in [-0.05, 0) is 59.7 Å². The standard InChI is InChI=1S/C20H13F5S/c21-15-9-14(13-5-3-12(4-6-13)11-1-2-11)10-16(22)19(15)17-7-8-18(26-17)20(23,24)25/h3-11H,1-2H2. The van der Waals surface area contributed by atoms with Crippen molar-refractivity contribution in [2.24, 2.45) is 0 Å². The van der Waals surface area contributed by atoms with Crippen LogP contribution in [-0.4, -0.2) is 0 Å². The minimum atomic E-state index is -4.53. The second kappa shape index (κ2) is 6.20. The molecule has 6 heteroatoms. The molecule has 1 saturated carbocycles. The van der Waals surface area contributed by atoms with E-state index >= 15 is 0 Å². The third-order valence-corrected chi connectivity index (χ3v) is 5.61. The van der Waals surface area contributed by atoms with Crippen LogP contribution in [0.1, 0.15) is 29.2 Å². The molecule has 0 radical (unpaired) electrons. The molecule has 1 heterocycles. The fourth-order valence-electron chi connectivity index (χ4n) is 2.96. The van der Waals surface area contributed by atoms with Crippen molar-refractivity contribution in [3.05, 3.63) is 70.6 Å². The smallest absolute Gasteiger partial charge is 0.206 e. The van der Waals surface area contributed by atoms with E-state index in [9.17, 15) is 22.0 Å². The van der Waals surface area contributed by atoms with Gasteiger partial charge in [-0.25, -0.2) is 8.78 Å². The molecule has 3 aromatic rings. The van der Waals surface area contributed by atoms with Gasteiger partial charge in [0.25, 0.3) is 0 Å². The largest absolute Gasteiger partial charge is 0.425 e. The zero-order valence-electron chi connectivity index (χ0n) is 13.4. The van der Waals surface area contributed by atoms with Crippen LogP contribution < -0.4 is 0 Å². The molecule has 0 N–H and O–H groups in total. The van der Waals surface area contributed by atoms with Gasteiger partial charge in [-0.1, -0.05) is 24.3 Å². The minimum absolute atomic E-state index is 0.0806. The van der Waals surface area contributed by atoms with Gasteiger partial charge in [0.15, 0.2) is 0 Å². The maximum atomic E-state index is 14.5. The van der Waals surface area contributed by atoms with E-state index in [0.29, 0.717) is 28.4 Å². The highest BCUT2D eigenvalue weighted by molar-refractivity contribution is 7.15. The van der Waals surface area contributed by atoms with Crippen molar-refractivity contribution in [2.45, 2.75) is 24.9 Å². The summed E-state index contributed by atoms with van der Waals surface area (Å²) in [5, 5.41) is 0. The Morgan fingerprint density at radius 2 is 1.42 bits per heavy atom. The van der Waals surface area contributed by atoms with Crippen molar-refractivity contribution >= 4 is 11.3 Å². The summed E-state index contributed by atoms with van der Waals surface area (Å²) in [5.74, 6) is -1.16. The Morgan fingerprint density at radius 1 is 0.808 bits per heavy atom. The van der Waals surface area contributed by atoms with Crippen LogP contribution >= 0.6 is 11.3 Å². The van der Waals surface area contributed by atoms with Gasteiger partial charge in [-0.2, -0.15) is 13.2 Å². The molecule has 0 saturated heterocycles. The quantitative estimate of drug-likeness (QED) is 0.420. The number of hydrogen-bond acceptors (Lipinski definition) is 1. The van der Waals surface area contributed by atoms with E-state index in [4.69, 9.17) is 0 Å². The molecule has 1 aromatic heterocycles. The SMILES string of the molecule is Fc1cc(-c2ccc(C3CC3)cc2)cc(F)c1-c1ccc(C(F)(F)F)s1. The fraction of sp³-hybridized carbons (Fsp3) is 0.200. The van der Waals surface area contributed by atoms with E-state index in [1.807, 2.05) is 24.3 Å². The van der Waals surface area contributed by atoms with Crippen LogP contribution in [0.25, 0.3) is 21.6 Å². The third-order valence-electron chi connectivity index (χ3n) is 4.47. The molecule has 0 unspecified atom stereocenters. The van der Waals surface area contributed by atoms with Gasteiger partial charge in [0.1, 0.15) is 16.5 Å². The number of rotatable bonds is 3. The number of hydrogen-bond donors (Lipinski definition) is 0. The van der Waals surface area contributed by atoms with Gasteiger partial charge < -0.3 is 0 Å². The lowest BCUT2D eigenvalue weighted by Crippen LogP contribution is -2.00. The fourth-order valence-corrected chi connectivity index (χ4v) is 3.89. The third kappa shape index (κ3) is 3.26. The maximum absolute atomic E-state index is 14.5. The number of halogens is 5. The lowest BCUT2D eigenvalue weighted by molar-refractivity contribution is -0.134. The Bertz CT molecular complexity index is 926. The molecule has 2 aromatic carbocycles. The highest BCUT2D eigenvalue weighted by Crippen LogP contribution is 2.42. The summed E-state index contributed by atoms with van der Waals surface area (Å²) in [4.78, 5) is -0.964. The predicted octanol–water partition coefficient (Wildman–Crippen LogP) is 7.26. The molecule has 1 aliphatic rings. The first-order valence-electron chi connectivity index (χ1n) is 8.10. The van der Waals surface area contributed by atoms with Crippen molar-refractivity contribution in [2.75, 3.05) is 0 Å². The molecule has 1 fully saturated rings. The first kappa shape index (κ1) is 17.2. The highest BCUT2D eigenvalue weighted by atomic mass is 32.1. The van der Waals surface area contributed by atoms with Gasteiger partial charge >= 0.3 is 6.18 Å². The summed E-state index contributed by atoms with van der Waals surface area (Å²) in [6.07, 6.45) is -2.20. The van der Waals surface area contributed by atoms with Gasteiger partial charge in [-0.3, -0.25) is 0 Å². The Morgan fingerprint density at radius 3 is 1.92 bits per heavy atom. The molecule has 1 aliphatic carbocycles. The Hall–Kier alpha value is -2.21. The molecule has 0 spiro atoms. The summed E-state index contributed by atoms with van der Waals surface area (Å²) in [7, 11) is 0. The molecule has 4 rings (SSSR count). The molecule has 134 valence electrons. The average Bonchev–Trinajstić information content (AvgIpc) is 3.31. The second-order valence-electron chi connectivity index (χ2n) is 6.37. The summed E-state index contributed by atoms with van der Waals surface area (Å²) >= 11 is 0.330. The molecule has 0 bridgehead atoms. The lowest BCUT2D eigenvalue weighted by atomic mass is 10.00. The first-order valence-corrected chi connectivity index (χ1v) is 8.91. The highest BCUT2D eigenvalue weighted by Gasteiger charge is 2.33. The molecule has 0 atom stereocenters. The van der Waals surface area contributed by atoms with Crippen LogP contribution in [-0.2, 0) is 6.18 Å². The first-order chi connectivity index (χ1) is 12.3. The van der Waals surface area contributed by atoms with Crippen molar-refractivity contribution in [1.29, 1.82) is 0 Å². The number of alkyl halides is 3. The Labute approximate surface area is 150 Å². The van der Waals surface area contributed by atoms with Gasteiger partial charge in [-0.15, -0.1) is 11.3 Å². The van der Waals surface area contributed by atoms with E-state index in [2.05, 4.69) is 0 Å². The predicted molar refractivity (Wildman–Crippen MR) is 92.1 cm³/mol. The number of benzene rings is 2. The molecular weight excluding hydrogens is 367 g/mol. The maximum Gasteiger partial charge on any atom is 0.425 e. The van der Waals surface area contributed by atoms with Crippen LogP contribution in [0.4, 0.5) is 22.0 Å². The van der Waals surface area contributed by atoms with Crippen LogP contribution in [0.5, 0.6) is 0 Å². The molecular formula is C20H13F5S. The minimum Gasteiger partial charge on any atom is -0.206 e. The normalized spacial score (nSPS) is 14.7. The van der Waals surface area contributed by atoms with Crippen molar-refractivity contribution in [1.82, 2.24) is 0 Å². The van der Waals surface area contributed by atoms with Crippen molar-refractivity contribution in [3.8, 4) is 21.6 Å². The van der Waals surface area contributed by atoms with E-state index in [1.165, 1.54) is 5.56 Å². The molecule has 26 heavy (non-hydrogen) atoms. The van der Waals surface area contributed by atoms with Gasteiger partial charge in [0.2, 0.25) is 0 Å². The Balaban J connectivity index is 1.69. The average molecular weight is 380 g/mol. The van der Waals surface area contributed by atoms with Crippen molar-refractivity contribution < 1.29 is 22.0 Å². The Kier molecular flexibility index (Phi) is 4.10. The summed E-state index contributed by atoms with van der Waals surface area (Å²) in [6.45, 7) is 0. The van der Waals surface area contributed by atoms with Crippen LogP contribution in [0.3, 0.4) is 0 Å². The zero-order chi connectivity index (χ0) is 18.5. The van der Waals surface area contributed by atoms with E-state index in [-0.39, 0.29) is 4.88 Å². The van der Waals surface area contributed by atoms with Crippen LogP contribution in [0, 0.1) is 11.6 Å². The molecule has 0 aliphatic heterocycles. The van der Waals surface area contributed by atoms with Gasteiger partial charge in [0.05, 0.1) is 5.56 Å². The summed E-state index contributed by atoms with van der Waals surface area (Å²) < 4.78 is 67.1. The van der Waals surface area contributed by atoms with Gasteiger partial charge in [0, 0.05) is 4.88 Å². The monoisotopic (exact) mass is 380 g/mol. The lowest BCUT2D eigenvalue weighted by Gasteiger charge is -2.08. The summed E-state index contributed by atoms with van der Waals surface area (Å²) in [5.41, 5.74) is 1.81. The second-order valence-corrected chi connectivity index (χ2v) is 7.46. The van der Waals surface area contributed by atoms with E-state index in [0.717, 1.165) is 37.1 Å². The van der Waals surface area contributed by atoms with E-state index < -0.39 is 28.3 Å². The molecule has 0 amide bonds. The zero-order valence-corrected chi connectivity index (χ0v) is 14.2. The van der Waals surface area contributed by atoms with Crippen LogP contribution in [0.15, 0.2) is 48.5 Å².